The number of aromatic nitrogens is 2. The molecule has 0 atom stereocenters. The summed E-state index contributed by atoms with van der Waals surface area (Å²) in [7, 11) is 1.66. The Morgan fingerprint density at radius 1 is 1.50 bits per heavy atom. The Hall–Kier alpha value is -1.85. The number of aryl methyl sites for hydroxylation is 1. The Morgan fingerprint density at radius 2 is 2.22 bits per heavy atom. The molecule has 0 bridgehead atoms. The summed E-state index contributed by atoms with van der Waals surface area (Å²) >= 11 is 0. The summed E-state index contributed by atoms with van der Waals surface area (Å²) in [5.41, 5.74) is -0.194. The van der Waals surface area contributed by atoms with E-state index >= 15 is 0 Å². The normalized spacial score (nSPS) is 10.4. The highest BCUT2D eigenvalue weighted by atomic mass is 16.1. The molecule has 0 radical (unpaired) electrons. The van der Waals surface area contributed by atoms with E-state index in [1.807, 2.05) is 13.8 Å². The van der Waals surface area contributed by atoms with E-state index in [0.29, 0.717) is 25.4 Å². The van der Waals surface area contributed by atoms with E-state index in [4.69, 9.17) is 0 Å². The summed E-state index contributed by atoms with van der Waals surface area (Å²) in [5, 5.41) is 5.68. The maximum absolute atomic E-state index is 11.6. The Balaban J connectivity index is 2.36. The lowest BCUT2D eigenvalue weighted by molar-refractivity contribution is -0.120. The van der Waals surface area contributed by atoms with Gasteiger partial charge in [-0.15, -0.1) is 0 Å². The van der Waals surface area contributed by atoms with Crippen molar-refractivity contribution in [3.05, 3.63) is 22.7 Å². The maximum Gasteiger partial charge on any atom is 0.293 e. The fraction of sp³-hybridized carbons (Fsp3) is 0.583. The van der Waals surface area contributed by atoms with Crippen molar-refractivity contribution >= 4 is 11.7 Å². The molecule has 1 aromatic rings. The van der Waals surface area contributed by atoms with Crippen molar-refractivity contribution in [2.45, 2.75) is 20.3 Å². The molecular weight excluding hydrogens is 232 g/mol. The van der Waals surface area contributed by atoms with Gasteiger partial charge in [-0.05, 0) is 5.92 Å². The first-order chi connectivity index (χ1) is 8.50. The Morgan fingerprint density at radius 3 is 2.89 bits per heavy atom. The zero-order chi connectivity index (χ0) is 13.5. The summed E-state index contributed by atoms with van der Waals surface area (Å²) in [6.45, 7) is 5.15. The molecule has 1 aromatic heterocycles. The fourth-order valence-corrected chi connectivity index (χ4v) is 1.32. The van der Waals surface area contributed by atoms with Gasteiger partial charge in [0.15, 0.2) is 5.82 Å². The number of carbonyl (C=O) groups is 1. The fourth-order valence-electron chi connectivity index (χ4n) is 1.32. The Kier molecular flexibility index (Phi) is 5.35. The average molecular weight is 252 g/mol. The minimum Gasteiger partial charge on any atom is -0.365 e. The molecule has 0 aromatic carbocycles. The lowest BCUT2D eigenvalue weighted by Crippen LogP contribution is -2.29. The van der Waals surface area contributed by atoms with Crippen LogP contribution in [0, 0.1) is 5.92 Å². The molecule has 0 unspecified atom stereocenters. The molecule has 100 valence electrons. The highest BCUT2D eigenvalue weighted by molar-refractivity contribution is 5.76. The SMILES string of the molecule is CC(C)CNC(=O)CCNc1nccn(C)c1=O. The molecule has 0 saturated heterocycles. The predicted octanol–water partition coefficient (Wildman–Crippen LogP) is 0.354. The van der Waals surface area contributed by atoms with E-state index in [-0.39, 0.29) is 17.3 Å². The third-order valence-electron chi connectivity index (χ3n) is 2.37. The maximum atomic E-state index is 11.6. The predicted molar refractivity (Wildman–Crippen MR) is 70.4 cm³/mol. The molecule has 0 aliphatic heterocycles. The first kappa shape index (κ1) is 14.2. The van der Waals surface area contributed by atoms with E-state index in [0.717, 1.165) is 0 Å². The number of hydrogen-bond donors (Lipinski definition) is 2. The van der Waals surface area contributed by atoms with Gasteiger partial charge in [0, 0.05) is 39.0 Å². The standard InChI is InChI=1S/C12H20N4O2/c1-9(2)8-15-10(17)4-5-13-11-12(18)16(3)7-6-14-11/h6-7,9H,4-5,8H2,1-3H3,(H,13,14)(H,15,17). The quantitative estimate of drug-likeness (QED) is 0.766. The van der Waals surface area contributed by atoms with Crippen LogP contribution in [0.2, 0.25) is 0 Å². The Labute approximate surface area is 106 Å². The van der Waals surface area contributed by atoms with Crippen molar-refractivity contribution in [2.75, 3.05) is 18.4 Å². The van der Waals surface area contributed by atoms with Gasteiger partial charge in [-0.3, -0.25) is 9.59 Å². The van der Waals surface area contributed by atoms with Gasteiger partial charge in [0.1, 0.15) is 0 Å². The van der Waals surface area contributed by atoms with Gasteiger partial charge in [-0.2, -0.15) is 0 Å². The summed E-state index contributed by atoms with van der Waals surface area (Å²) in [5.74, 6) is 0.686. The second-order valence-corrected chi connectivity index (χ2v) is 4.57. The molecule has 0 fully saturated rings. The second-order valence-electron chi connectivity index (χ2n) is 4.57. The third-order valence-corrected chi connectivity index (χ3v) is 2.37. The highest BCUT2D eigenvalue weighted by Crippen LogP contribution is 1.93. The van der Waals surface area contributed by atoms with Crippen LogP contribution in [0.15, 0.2) is 17.2 Å². The first-order valence-electron chi connectivity index (χ1n) is 6.03. The number of amides is 1. The van der Waals surface area contributed by atoms with Crippen LogP contribution < -0.4 is 16.2 Å². The number of carbonyl (C=O) groups excluding carboxylic acids is 1. The van der Waals surface area contributed by atoms with Gasteiger partial charge in [-0.1, -0.05) is 13.8 Å². The topological polar surface area (TPSA) is 76.0 Å². The molecule has 0 spiro atoms. The van der Waals surface area contributed by atoms with Crippen LogP contribution >= 0.6 is 0 Å². The molecule has 0 aliphatic carbocycles. The van der Waals surface area contributed by atoms with E-state index in [1.165, 1.54) is 4.57 Å². The minimum absolute atomic E-state index is 0.0241. The van der Waals surface area contributed by atoms with Crippen molar-refractivity contribution in [1.29, 1.82) is 0 Å². The van der Waals surface area contributed by atoms with Gasteiger partial charge in [0.25, 0.3) is 5.56 Å². The van der Waals surface area contributed by atoms with Crippen LogP contribution in [0.25, 0.3) is 0 Å². The van der Waals surface area contributed by atoms with Crippen LogP contribution in [0.4, 0.5) is 5.82 Å². The number of anilines is 1. The van der Waals surface area contributed by atoms with E-state index < -0.39 is 0 Å². The molecule has 1 heterocycles. The van der Waals surface area contributed by atoms with E-state index in [9.17, 15) is 9.59 Å². The van der Waals surface area contributed by atoms with Crippen LogP contribution in [0.1, 0.15) is 20.3 Å². The molecule has 6 heteroatoms. The highest BCUT2D eigenvalue weighted by Gasteiger charge is 2.04. The summed E-state index contributed by atoms with van der Waals surface area (Å²) in [4.78, 5) is 27.0. The number of nitrogens with one attached hydrogen (secondary N) is 2. The monoisotopic (exact) mass is 252 g/mol. The first-order valence-corrected chi connectivity index (χ1v) is 6.03. The Bertz CT molecular complexity index is 454. The van der Waals surface area contributed by atoms with Crippen LogP contribution in [-0.2, 0) is 11.8 Å². The largest absolute Gasteiger partial charge is 0.365 e. The van der Waals surface area contributed by atoms with E-state index in [2.05, 4.69) is 15.6 Å². The van der Waals surface area contributed by atoms with Crippen molar-refractivity contribution in [3.8, 4) is 0 Å². The van der Waals surface area contributed by atoms with Gasteiger partial charge in [-0.25, -0.2) is 4.98 Å². The van der Waals surface area contributed by atoms with Crippen molar-refractivity contribution < 1.29 is 4.79 Å². The summed E-state index contributed by atoms with van der Waals surface area (Å²) in [6, 6.07) is 0. The van der Waals surface area contributed by atoms with Crippen molar-refractivity contribution in [2.24, 2.45) is 13.0 Å². The average Bonchev–Trinajstić information content (AvgIpc) is 2.32. The molecule has 1 amide bonds. The summed E-state index contributed by atoms with van der Waals surface area (Å²) < 4.78 is 1.44. The molecule has 18 heavy (non-hydrogen) atoms. The van der Waals surface area contributed by atoms with Crippen LogP contribution in [0.5, 0.6) is 0 Å². The smallest absolute Gasteiger partial charge is 0.293 e. The van der Waals surface area contributed by atoms with Gasteiger partial charge in [0.2, 0.25) is 5.91 Å². The van der Waals surface area contributed by atoms with Gasteiger partial charge >= 0.3 is 0 Å². The molecule has 6 nitrogen and oxygen atoms in total. The second kappa shape index (κ2) is 6.78. The number of hydrogen-bond acceptors (Lipinski definition) is 4. The van der Waals surface area contributed by atoms with Gasteiger partial charge in [0.05, 0.1) is 0 Å². The lowest BCUT2D eigenvalue weighted by Gasteiger charge is -2.08. The zero-order valence-electron chi connectivity index (χ0n) is 11.1. The molecule has 0 saturated carbocycles. The van der Waals surface area contributed by atoms with Crippen molar-refractivity contribution in [3.63, 3.8) is 0 Å². The van der Waals surface area contributed by atoms with Crippen LogP contribution in [0.3, 0.4) is 0 Å². The number of rotatable bonds is 6. The zero-order valence-corrected chi connectivity index (χ0v) is 11.1. The van der Waals surface area contributed by atoms with E-state index in [1.54, 1.807) is 19.4 Å². The summed E-state index contributed by atoms with van der Waals surface area (Å²) in [6.07, 6.45) is 3.46. The number of nitrogens with zero attached hydrogens (tertiary/aromatic N) is 2. The lowest BCUT2D eigenvalue weighted by atomic mass is 10.2. The van der Waals surface area contributed by atoms with Crippen LogP contribution in [-0.4, -0.2) is 28.5 Å². The molecule has 2 N–H and O–H groups in total. The minimum atomic E-state index is -0.194. The molecule has 0 aliphatic rings. The molecular formula is C12H20N4O2. The van der Waals surface area contributed by atoms with Gasteiger partial charge < -0.3 is 15.2 Å². The molecule has 1 rings (SSSR count). The van der Waals surface area contributed by atoms with Crippen molar-refractivity contribution in [1.82, 2.24) is 14.9 Å². The third kappa shape index (κ3) is 4.57.